The van der Waals surface area contributed by atoms with E-state index in [-0.39, 0.29) is 31.1 Å². The summed E-state index contributed by atoms with van der Waals surface area (Å²) in [4.78, 5) is 24.1. The zero-order chi connectivity index (χ0) is 22.4. The van der Waals surface area contributed by atoms with E-state index in [9.17, 15) is 27.2 Å². The van der Waals surface area contributed by atoms with E-state index >= 15 is 0 Å². The summed E-state index contributed by atoms with van der Waals surface area (Å²) in [6, 6.07) is 13.1. The Morgan fingerprint density at radius 3 is 2.23 bits per heavy atom. The van der Waals surface area contributed by atoms with Gasteiger partial charge in [-0.3, -0.25) is 9.59 Å². The highest BCUT2D eigenvalue weighted by Crippen LogP contribution is 2.32. The van der Waals surface area contributed by atoms with Gasteiger partial charge in [-0.15, -0.1) is 5.10 Å². The molecule has 162 valence electrons. The molecule has 2 aromatic carbocycles. The van der Waals surface area contributed by atoms with Gasteiger partial charge in [0.25, 0.3) is 5.91 Å². The molecule has 31 heavy (non-hydrogen) atoms. The topological polar surface area (TPSA) is 88.9 Å². The maximum atomic E-state index is 13.6. The third-order valence-electron chi connectivity index (χ3n) is 4.17. The lowest BCUT2D eigenvalue weighted by Crippen LogP contribution is -2.36. The molecule has 0 unspecified atom stereocenters. The van der Waals surface area contributed by atoms with Crippen LogP contribution in [-0.4, -0.2) is 39.9 Å². The molecule has 0 radical (unpaired) electrons. The zero-order valence-electron chi connectivity index (χ0n) is 16.0. The van der Waals surface area contributed by atoms with Gasteiger partial charge >= 0.3 is 6.18 Å². The monoisotopic (exact) mass is 435 g/mol. The van der Waals surface area contributed by atoms with Crippen LogP contribution in [0.3, 0.4) is 0 Å². The second-order valence-corrected chi connectivity index (χ2v) is 6.44. The number of rotatable bonds is 7. The van der Waals surface area contributed by atoms with Gasteiger partial charge in [-0.25, -0.2) is 9.07 Å². The van der Waals surface area contributed by atoms with Gasteiger partial charge in [0.1, 0.15) is 5.82 Å². The van der Waals surface area contributed by atoms with Crippen LogP contribution in [0.4, 0.5) is 17.6 Å². The van der Waals surface area contributed by atoms with Crippen molar-refractivity contribution in [2.24, 2.45) is 0 Å². The molecule has 3 aromatic rings. The van der Waals surface area contributed by atoms with Crippen LogP contribution in [-0.2, 0) is 17.4 Å². The average molecular weight is 435 g/mol. The van der Waals surface area contributed by atoms with E-state index in [1.807, 2.05) is 6.07 Å². The molecule has 0 bridgehead atoms. The molecule has 0 saturated carbocycles. The lowest BCUT2D eigenvalue weighted by molar-refractivity contribution is -0.143. The van der Waals surface area contributed by atoms with E-state index in [0.717, 1.165) is 29.8 Å². The number of amides is 2. The normalized spacial score (nSPS) is 11.2. The zero-order valence-corrected chi connectivity index (χ0v) is 16.0. The Hall–Kier alpha value is -3.76. The SMILES string of the molecule is O=C(Cc1ccccc1)NCCNC(=O)c1nnn(-c2ccc(F)cc2)c1C(F)(F)F. The number of halogens is 4. The summed E-state index contributed by atoms with van der Waals surface area (Å²) in [5, 5.41) is 11.6. The van der Waals surface area contributed by atoms with Crippen molar-refractivity contribution in [2.75, 3.05) is 13.1 Å². The molecule has 0 spiro atoms. The van der Waals surface area contributed by atoms with E-state index in [4.69, 9.17) is 0 Å². The Balaban J connectivity index is 1.62. The van der Waals surface area contributed by atoms with Crippen molar-refractivity contribution >= 4 is 11.8 Å². The largest absolute Gasteiger partial charge is 0.435 e. The number of hydrogen-bond donors (Lipinski definition) is 2. The Labute approximate surface area is 174 Å². The van der Waals surface area contributed by atoms with Crippen molar-refractivity contribution in [3.05, 3.63) is 77.4 Å². The van der Waals surface area contributed by atoms with Crippen LogP contribution in [0.15, 0.2) is 54.6 Å². The molecule has 0 aliphatic carbocycles. The van der Waals surface area contributed by atoms with E-state index < -0.39 is 29.3 Å². The molecule has 3 rings (SSSR count). The minimum absolute atomic E-state index is 0.0187. The third-order valence-corrected chi connectivity index (χ3v) is 4.17. The van der Waals surface area contributed by atoms with E-state index in [1.54, 1.807) is 24.3 Å². The predicted molar refractivity (Wildman–Crippen MR) is 102 cm³/mol. The first-order valence-electron chi connectivity index (χ1n) is 9.13. The first kappa shape index (κ1) is 21.9. The fraction of sp³-hybridized carbons (Fsp3) is 0.200. The lowest BCUT2D eigenvalue weighted by Gasteiger charge is -2.11. The van der Waals surface area contributed by atoms with Crippen LogP contribution >= 0.6 is 0 Å². The van der Waals surface area contributed by atoms with Gasteiger partial charge < -0.3 is 10.6 Å². The Kier molecular flexibility index (Phi) is 6.63. The highest BCUT2D eigenvalue weighted by molar-refractivity contribution is 5.93. The Morgan fingerprint density at radius 2 is 1.58 bits per heavy atom. The van der Waals surface area contributed by atoms with Gasteiger partial charge in [0.15, 0.2) is 11.4 Å². The van der Waals surface area contributed by atoms with Gasteiger partial charge in [0, 0.05) is 13.1 Å². The smallest absolute Gasteiger partial charge is 0.354 e. The molecule has 7 nitrogen and oxygen atoms in total. The summed E-state index contributed by atoms with van der Waals surface area (Å²) >= 11 is 0. The van der Waals surface area contributed by atoms with Crippen molar-refractivity contribution in [1.29, 1.82) is 0 Å². The van der Waals surface area contributed by atoms with Gasteiger partial charge in [-0.2, -0.15) is 13.2 Å². The van der Waals surface area contributed by atoms with E-state index in [0.29, 0.717) is 4.68 Å². The molecule has 11 heteroatoms. The number of carbonyl (C=O) groups excluding carboxylic acids is 2. The average Bonchev–Trinajstić information content (AvgIpc) is 3.18. The number of nitrogens with zero attached hydrogens (tertiary/aromatic N) is 3. The van der Waals surface area contributed by atoms with Crippen LogP contribution in [0, 0.1) is 5.82 Å². The molecule has 2 amide bonds. The fourth-order valence-electron chi connectivity index (χ4n) is 2.76. The second kappa shape index (κ2) is 9.37. The van der Waals surface area contributed by atoms with Gasteiger partial charge in [0.2, 0.25) is 5.91 Å². The van der Waals surface area contributed by atoms with Crippen LogP contribution in [0.1, 0.15) is 21.7 Å². The van der Waals surface area contributed by atoms with Crippen molar-refractivity contribution in [1.82, 2.24) is 25.6 Å². The van der Waals surface area contributed by atoms with Gasteiger partial charge in [-0.05, 0) is 29.8 Å². The minimum Gasteiger partial charge on any atom is -0.354 e. The van der Waals surface area contributed by atoms with Crippen LogP contribution < -0.4 is 10.6 Å². The number of carbonyl (C=O) groups is 2. The molecular weight excluding hydrogens is 418 g/mol. The van der Waals surface area contributed by atoms with Crippen LogP contribution in [0.2, 0.25) is 0 Å². The van der Waals surface area contributed by atoms with Crippen LogP contribution in [0.25, 0.3) is 5.69 Å². The highest BCUT2D eigenvalue weighted by atomic mass is 19.4. The molecule has 0 atom stereocenters. The third kappa shape index (κ3) is 5.65. The molecule has 1 aromatic heterocycles. The summed E-state index contributed by atoms with van der Waals surface area (Å²) in [5.74, 6) is -2.03. The van der Waals surface area contributed by atoms with Crippen molar-refractivity contribution in [3.8, 4) is 5.69 Å². The summed E-state index contributed by atoms with van der Waals surface area (Å²) in [5.41, 5.74) is -1.61. The molecule has 0 saturated heterocycles. The van der Waals surface area contributed by atoms with Crippen molar-refractivity contribution in [3.63, 3.8) is 0 Å². The number of alkyl halides is 3. The minimum atomic E-state index is -4.94. The summed E-state index contributed by atoms with van der Waals surface area (Å²) in [6.45, 7) is -0.0923. The molecule has 1 heterocycles. The lowest BCUT2D eigenvalue weighted by atomic mass is 10.1. The maximum absolute atomic E-state index is 13.6. The summed E-state index contributed by atoms with van der Waals surface area (Å²) < 4.78 is 54.2. The molecule has 2 N–H and O–H groups in total. The molecule has 0 aliphatic rings. The molecule has 0 fully saturated rings. The van der Waals surface area contributed by atoms with Crippen molar-refractivity contribution in [2.45, 2.75) is 12.6 Å². The number of benzene rings is 2. The quantitative estimate of drug-likeness (QED) is 0.441. The molecule has 0 aliphatic heterocycles. The van der Waals surface area contributed by atoms with Crippen molar-refractivity contribution < 1.29 is 27.2 Å². The van der Waals surface area contributed by atoms with Crippen LogP contribution in [0.5, 0.6) is 0 Å². The van der Waals surface area contributed by atoms with E-state index in [1.165, 1.54) is 0 Å². The Morgan fingerprint density at radius 1 is 0.935 bits per heavy atom. The summed E-state index contributed by atoms with van der Waals surface area (Å²) in [7, 11) is 0. The standard InChI is InChI=1S/C20H17F4N5O2/c21-14-6-8-15(9-7-14)29-18(20(22,23)24)17(27-28-29)19(31)26-11-10-25-16(30)12-13-4-2-1-3-5-13/h1-9H,10-12H2,(H,25,30)(H,26,31). The first-order chi connectivity index (χ1) is 14.8. The molecular formula is C20H17F4N5O2. The first-order valence-corrected chi connectivity index (χ1v) is 9.13. The van der Waals surface area contributed by atoms with Gasteiger partial charge in [-0.1, -0.05) is 35.5 Å². The fourth-order valence-corrected chi connectivity index (χ4v) is 2.76. The van der Waals surface area contributed by atoms with E-state index in [2.05, 4.69) is 20.9 Å². The maximum Gasteiger partial charge on any atom is 0.435 e. The number of nitrogens with one attached hydrogen (secondary N) is 2. The number of hydrogen-bond acceptors (Lipinski definition) is 4. The second-order valence-electron chi connectivity index (χ2n) is 6.44. The Bertz CT molecular complexity index is 1050. The van der Waals surface area contributed by atoms with Gasteiger partial charge in [0.05, 0.1) is 12.1 Å². The highest BCUT2D eigenvalue weighted by Gasteiger charge is 2.41. The number of aromatic nitrogens is 3. The predicted octanol–water partition coefficient (Wildman–Crippen LogP) is 2.51. The summed E-state index contributed by atoms with van der Waals surface area (Å²) in [6.07, 6.45) is -4.80.